The summed E-state index contributed by atoms with van der Waals surface area (Å²) in [5.41, 5.74) is 6.09. The van der Waals surface area contributed by atoms with Crippen molar-refractivity contribution in [3.63, 3.8) is 0 Å². The van der Waals surface area contributed by atoms with Gasteiger partial charge in [-0.15, -0.1) is 0 Å². The van der Waals surface area contributed by atoms with Crippen molar-refractivity contribution in [1.82, 2.24) is 9.88 Å². The van der Waals surface area contributed by atoms with Crippen molar-refractivity contribution in [3.05, 3.63) is 30.1 Å². The van der Waals surface area contributed by atoms with Crippen LogP contribution >= 0.6 is 0 Å². The van der Waals surface area contributed by atoms with E-state index in [0.29, 0.717) is 13.1 Å². The van der Waals surface area contributed by atoms with Crippen LogP contribution in [0, 0.1) is 0 Å². The zero-order chi connectivity index (χ0) is 11.1. The van der Waals surface area contributed by atoms with Crippen LogP contribution in [0.25, 0.3) is 0 Å². The number of carbonyl (C=O) groups excluding carboxylic acids is 1. The second-order valence-corrected chi connectivity index (χ2v) is 3.26. The molecule has 1 amide bonds. The molecule has 1 heterocycles. The van der Waals surface area contributed by atoms with E-state index in [2.05, 4.69) is 4.98 Å². The minimum Gasteiger partial charge on any atom is -0.395 e. The Morgan fingerprint density at radius 3 is 2.93 bits per heavy atom. The second kappa shape index (κ2) is 6.10. The van der Waals surface area contributed by atoms with E-state index in [4.69, 9.17) is 10.8 Å². The summed E-state index contributed by atoms with van der Waals surface area (Å²) < 4.78 is 0. The van der Waals surface area contributed by atoms with Crippen LogP contribution in [0.2, 0.25) is 0 Å². The molecule has 5 nitrogen and oxygen atoms in total. The number of aliphatic hydroxyl groups is 1. The molecular weight excluding hydrogens is 194 g/mol. The predicted molar refractivity (Wildman–Crippen MR) is 55.8 cm³/mol. The Morgan fingerprint density at radius 1 is 1.60 bits per heavy atom. The minimum atomic E-state index is -0.396. The monoisotopic (exact) mass is 209 g/mol. The third-order valence-electron chi connectivity index (χ3n) is 1.92. The van der Waals surface area contributed by atoms with Crippen molar-refractivity contribution in [1.29, 1.82) is 0 Å². The highest BCUT2D eigenvalue weighted by Crippen LogP contribution is 2.01. The number of nitrogens with zero attached hydrogens (tertiary/aromatic N) is 2. The van der Waals surface area contributed by atoms with Gasteiger partial charge in [0.1, 0.15) is 0 Å². The van der Waals surface area contributed by atoms with E-state index >= 15 is 0 Å². The first-order valence-electron chi connectivity index (χ1n) is 4.73. The van der Waals surface area contributed by atoms with Crippen LogP contribution in [0.1, 0.15) is 5.56 Å². The zero-order valence-corrected chi connectivity index (χ0v) is 8.47. The summed E-state index contributed by atoms with van der Waals surface area (Å²) in [6, 6.07) is 3.75. The third-order valence-corrected chi connectivity index (χ3v) is 1.92. The topological polar surface area (TPSA) is 79.5 Å². The highest BCUT2D eigenvalue weighted by molar-refractivity contribution is 5.75. The normalized spacial score (nSPS) is 10.5. The van der Waals surface area contributed by atoms with Gasteiger partial charge in [-0.05, 0) is 11.6 Å². The van der Waals surface area contributed by atoms with Crippen molar-refractivity contribution >= 4 is 5.91 Å². The summed E-state index contributed by atoms with van der Waals surface area (Å²) in [7, 11) is 0. The van der Waals surface area contributed by atoms with Gasteiger partial charge >= 0.3 is 0 Å². The molecule has 0 aliphatic carbocycles. The number of hydrogen-bond donors (Lipinski definition) is 2. The Balaban J connectivity index is 2.54. The van der Waals surface area contributed by atoms with Gasteiger partial charge in [-0.1, -0.05) is 6.07 Å². The van der Waals surface area contributed by atoms with Crippen LogP contribution in [0.3, 0.4) is 0 Å². The number of amides is 1. The smallest absolute Gasteiger partial charge is 0.231 e. The standard InChI is InChI=1S/C10H15N3O2/c11-10(15)8-13(4-5-14)7-9-2-1-3-12-6-9/h1-3,6,14H,4-5,7-8H2,(H2,11,15). The molecule has 3 N–H and O–H groups in total. The predicted octanol–water partition coefficient (Wildman–Crippen LogP) is -0.639. The van der Waals surface area contributed by atoms with Gasteiger partial charge < -0.3 is 10.8 Å². The highest BCUT2D eigenvalue weighted by atomic mass is 16.3. The molecule has 0 aliphatic heterocycles. The van der Waals surface area contributed by atoms with Crippen LogP contribution in [-0.2, 0) is 11.3 Å². The number of rotatable bonds is 6. The van der Waals surface area contributed by atoms with Crippen molar-refractivity contribution in [2.45, 2.75) is 6.54 Å². The third kappa shape index (κ3) is 4.53. The fourth-order valence-corrected chi connectivity index (χ4v) is 1.33. The van der Waals surface area contributed by atoms with Crippen molar-refractivity contribution in [3.8, 4) is 0 Å². The Morgan fingerprint density at radius 2 is 2.40 bits per heavy atom. The molecule has 0 radical (unpaired) electrons. The Bertz CT molecular complexity index is 303. The summed E-state index contributed by atoms with van der Waals surface area (Å²) in [6.07, 6.45) is 3.42. The largest absolute Gasteiger partial charge is 0.395 e. The van der Waals surface area contributed by atoms with Crippen LogP contribution in [0.15, 0.2) is 24.5 Å². The van der Waals surface area contributed by atoms with E-state index in [1.807, 2.05) is 12.1 Å². The lowest BCUT2D eigenvalue weighted by atomic mass is 10.2. The summed E-state index contributed by atoms with van der Waals surface area (Å²) >= 11 is 0. The van der Waals surface area contributed by atoms with E-state index in [9.17, 15) is 4.79 Å². The molecule has 0 aromatic carbocycles. The van der Waals surface area contributed by atoms with Crippen molar-refractivity contribution in [2.24, 2.45) is 5.73 Å². The molecule has 1 rings (SSSR count). The summed E-state index contributed by atoms with van der Waals surface area (Å²) in [5.74, 6) is -0.396. The number of aromatic nitrogens is 1. The first-order valence-corrected chi connectivity index (χ1v) is 4.73. The average molecular weight is 209 g/mol. The van der Waals surface area contributed by atoms with Crippen LogP contribution in [0.4, 0.5) is 0 Å². The van der Waals surface area contributed by atoms with Crippen LogP contribution in [0.5, 0.6) is 0 Å². The summed E-state index contributed by atoms with van der Waals surface area (Å²) in [5, 5.41) is 8.82. The maximum absolute atomic E-state index is 10.8. The molecular formula is C10H15N3O2. The van der Waals surface area contributed by atoms with E-state index < -0.39 is 5.91 Å². The van der Waals surface area contributed by atoms with Crippen molar-refractivity contribution in [2.75, 3.05) is 19.7 Å². The van der Waals surface area contributed by atoms with E-state index in [1.54, 1.807) is 17.3 Å². The Kier molecular flexibility index (Phi) is 4.73. The number of nitrogens with two attached hydrogens (primary N) is 1. The SMILES string of the molecule is NC(=O)CN(CCO)Cc1cccnc1. The van der Waals surface area contributed by atoms with Gasteiger partial charge in [0.2, 0.25) is 5.91 Å². The molecule has 0 saturated heterocycles. The van der Waals surface area contributed by atoms with Gasteiger partial charge in [0.05, 0.1) is 13.2 Å². The number of carbonyl (C=O) groups is 1. The fraction of sp³-hybridized carbons (Fsp3) is 0.400. The molecule has 1 aromatic rings. The Hall–Kier alpha value is -1.46. The van der Waals surface area contributed by atoms with E-state index in [0.717, 1.165) is 5.56 Å². The summed E-state index contributed by atoms with van der Waals surface area (Å²) in [6.45, 7) is 1.15. The molecule has 0 atom stereocenters. The molecule has 0 unspecified atom stereocenters. The molecule has 0 aliphatic rings. The van der Waals surface area contributed by atoms with Gasteiger partial charge in [-0.3, -0.25) is 14.7 Å². The first kappa shape index (κ1) is 11.6. The zero-order valence-electron chi connectivity index (χ0n) is 8.47. The lowest BCUT2D eigenvalue weighted by Crippen LogP contribution is -2.35. The number of hydrogen-bond acceptors (Lipinski definition) is 4. The molecule has 0 spiro atoms. The minimum absolute atomic E-state index is 0.00748. The van der Waals surface area contributed by atoms with Gasteiger partial charge in [0, 0.05) is 25.5 Å². The second-order valence-electron chi connectivity index (χ2n) is 3.26. The maximum atomic E-state index is 10.8. The quantitative estimate of drug-likeness (QED) is 0.653. The fourth-order valence-electron chi connectivity index (χ4n) is 1.33. The van der Waals surface area contributed by atoms with Gasteiger partial charge in [0.15, 0.2) is 0 Å². The maximum Gasteiger partial charge on any atom is 0.231 e. The molecule has 1 aromatic heterocycles. The van der Waals surface area contributed by atoms with E-state index in [1.165, 1.54) is 0 Å². The first-order chi connectivity index (χ1) is 7.22. The van der Waals surface area contributed by atoms with Crippen molar-refractivity contribution < 1.29 is 9.90 Å². The highest BCUT2D eigenvalue weighted by Gasteiger charge is 2.08. The van der Waals surface area contributed by atoms with E-state index in [-0.39, 0.29) is 13.2 Å². The van der Waals surface area contributed by atoms with Gasteiger partial charge in [-0.2, -0.15) is 0 Å². The number of pyridine rings is 1. The Labute approximate surface area is 88.5 Å². The lowest BCUT2D eigenvalue weighted by molar-refractivity contribution is -0.119. The molecule has 5 heteroatoms. The summed E-state index contributed by atoms with van der Waals surface area (Å²) in [4.78, 5) is 16.5. The number of primary amides is 1. The molecule has 15 heavy (non-hydrogen) atoms. The average Bonchev–Trinajstić information content (AvgIpc) is 2.18. The number of aliphatic hydroxyl groups excluding tert-OH is 1. The van der Waals surface area contributed by atoms with Gasteiger partial charge in [-0.25, -0.2) is 0 Å². The van der Waals surface area contributed by atoms with Gasteiger partial charge in [0.25, 0.3) is 0 Å². The lowest BCUT2D eigenvalue weighted by Gasteiger charge is -2.19. The van der Waals surface area contributed by atoms with Crippen LogP contribution < -0.4 is 5.73 Å². The molecule has 82 valence electrons. The molecule has 0 saturated carbocycles. The molecule has 0 bridgehead atoms. The molecule has 0 fully saturated rings. The van der Waals surface area contributed by atoms with Crippen LogP contribution in [-0.4, -0.2) is 40.6 Å².